The van der Waals surface area contributed by atoms with Gasteiger partial charge in [-0.1, -0.05) is 17.7 Å². The number of ether oxygens (including phenoxy) is 3. The molecule has 0 fully saturated rings. The number of amides is 2. The zero-order chi connectivity index (χ0) is 25.2. The molecule has 0 aliphatic rings. The molecule has 9 nitrogen and oxygen atoms in total. The van der Waals surface area contributed by atoms with Gasteiger partial charge in [0.2, 0.25) is 0 Å². The highest BCUT2D eigenvalue weighted by Gasteiger charge is 2.13. The zero-order valence-corrected chi connectivity index (χ0v) is 19.5. The van der Waals surface area contributed by atoms with E-state index in [4.69, 9.17) is 14.2 Å². The summed E-state index contributed by atoms with van der Waals surface area (Å²) in [5.41, 5.74) is 4.79. The van der Waals surface area contributed by atoms with Gasteiger partial charge in [-0.15, -0.1) is 0 Å². The summed E-state index contributed by atoms with van der Waals surface area (Å²) >= 11 is 0. The Bertz CT molecular complexity index is 1220. The van der Waals surface area contributed by atoms with Crippen LogP contribution in [0.2, 0.25) is 0 Å². The van der Waals surface area contributed by atoms with Crippen molar-refractivity contribution in [3.8, 4) is 17.2 Å². The molecule has 2 N–H and O–H groups in total. The summed E-state index contributed by atoms with van der Waals surface area (Å²) in [4.78, 5) is 36.4. The highest BCUT2D eigenvalue weighted by atomic mass is 16.6. The minimum Gasteiger partial charge on any atom is -0.497 e. The molecule has 0 aliphatic heterocycles. The third-order valence-electron chi connectivity index (χ3n) is 4.84. The van der Waals surface area contributed by atoms with Crippen LogP contribution in [0.5, 0.6) is 17.2 Å². The summed E-state index contributed by atoms with van der Waals surface area (Å²) in [7, 11) is 2.98. The Morgan fingerprint density at radius 3 is 2.20 bits per heavy atom. The van der Waals surface area contributed by atoms with Crippen LogP contribution < -0.4 is 25.0 Å². The second-order valence-electron chi connectivity index (χ2n) is 7.37. The lowest BCUT2D eigenvalue weighted by molar-refractivity contribution is -0.120. The number of aryl methyl sites for hydroxylation is 1. The molecule has 0 spiro atoms. The maximum atomic E-state index is 12.4. The van der Waals surface area contributed by atoms with Crippen LogP contribution in [0.1, 0.15) is 31.8 Å². The summed E-state index contributed by atoms with van der Waals surface area (Å²) in [5.74, 6) is -0.219. The lowest BCUT2D eigenvalue weighted by atomic mass is 10.1. The molecule has 180 valence electrons. The van der Waals surface area contributed by atoms with E-state index in [0.29, 0.717) is 28.2 Å². The van der Waals surface area contributed by atoms with Gasteiger partial charge in [0.15, 0.2) is 11.5 Å². The molecular formula is C26H25N3O6. The van der Waals surface area contributed by atoms with Gasteiger partial charge in [0, 0.05) is 5.56 Å². The minimum absolute atomic E-state index is 0.229. The highest BCUT2D eigenvalue weighted by Crippen LogP contribution is 2.28. The Kier molecular flexibility index (Phi) is 8.55. The Morgan fingerprint density at radius 2 is 1.54 bits per heavy atom. The van der Waals surface area contributed by atoms with Crippen LogP contribution in [-0.2, 0) is 4.79 Å². The number of hydrazone groups is 1. The molecular weight excluding hydrogens is 450 g/mol. The number of methoxy groups -OCH3 is 2. The quantitative estimate of drug-likeness (QED) is 0.213. The van der Waals surface area contributed by atoms with Gasteiger partial charge >= 0.3 is 5.97 Å². The Morgan fingerprint density at radius 1 is 0.857 bits per heavy atom. The SMILES string of the molecule is COc1ccc(C(=O)Oc2ccc(/C=N/NC(=O)CNC(=O)c3ccc(C)cc3)cc2OC)cc1. The molecule has 3 aromatic rings. The predicted octanol–water partition coefficient (Wildman–Crippen LogP) is 3.11. The summed E-state index contributed by atoms with van der Waals surface area (Å²) in [6.45, 7) is 1.69. The van der Waals surface area contributed by atoms with Gasteiger partial charge < -0.3 is 19.5 Å². The Balaban J connectivity index is 1.53. The van der Waals surface area contributed by atoms with Crippen molar-refractivity contribution in [3.63, 3.8) is 0 Å². The van der Waals surface area contributed by atoms with Gasteiger partial charge in [-0.3, -0.25) is 9.59 Å². The van der Waals surface area contributed by atoms with E-state index < -0.39 is 11.9 Å². The van der Waals surface area contributed by atoms with Gasteiger partial charge in [0.25, 0.3) is 11.8 Å². The molecule has 35 heavy (non-hydrogen) atoms. The van der Waals surface area contributed by atoms with Crippen LogP contribution in [-0.4, -0.2) is 44.8 Å². The van der Waals surface area contributed by atoms with Crippen LogP contribution in [0.4, 0.5) is 0 Å². The maximum absolute atomic E-state index is 12.4. The van der Waals surface area contributed by atoms with E-state index in [2.05, 4.69) is 15.8 Å². The van der Waals surface area contributed by atoms with Crippen molar-refractivity contribution in [1.82, 2.24) is 10.7 Å². The van der Waals surface area contributed by atoms with Crippen molar-refractivity contribution < 1.29 is 28.6 Å². The third-order valence-corrected chi connectivity index (χ3v) is 4.84. The van der Waals surface area contributed by atoms with Gasteiger partial charge in [-0.05, 0) is 67.1 Å². The van der Waals surface area contributed by atoms with Crippen molar-refractivity contribution in [1.29, 1.82) is 0 Å². The second-order valence-corrected chi connectivity index (χ2v) is 7.37. The molecule has 0 atom stereocenters. The number of carbonyl (C=O) groups is 3. The van der Waals surface area contributed by atoms with E-state index in [1.165, 1.54) is 13.3 Å². The topological polar surface area (TPSA) is 115 Å². The summed E-state index contributed by atoms with van der Waals surface area (Å²) in [6, 6.07) is 18.3. The molecule has 0 aromatic heterocycles. The summed E-state index contributed by atoms with van der Waals surface area (Å²) in [5, 5.41) is 6.41. The van der Waals surface area contributed by atoms with Gasteiger partial charge in [-0.25, -0.2) is 10.2 Å². The zero-order valence-electron chi connectivity index (χ0n) is 19.5. The van der Waals surface area contributed by atoms with E-state index >= 15 is 0 Å². The van der Waals surface area contributed by atoms with Gasteiger partial charge in [-0.2, -0.15) is 5.10 Å². The molecule has 9 heteroatoms. The van der Waals surface area contributed by atoms with Crippen LogP contribution in [0.15, 0.2) is 71.8 Å². The Labute approximate surface area is 202 Å². The van der Waals surface area contributed by atoms with Gasteiger partial charge in [0.1, 0.15) is 5.75 Å². The van der Waals surface area contributed by atoms with Gasteiger partial charge in [0.05, 0.1) is 32.5 Å². The average molecular weight is 476 g/mol. The van der Waals surface area contributed by atoms with E-state index in [1.807, 2.05) is 19.1 Å². The van der Waals surface area contributed by atoms with Crippen molar-refractivity contribution in [3.05, 3.63) is 89.0 Å². The molecule has 3 aromatic carbocycles. The monoisotopic (exact) mass is 475 g/mol. The minimum atomic E-state index is -0.549. The van der Waals surface area contributed by atoms with Crippen molar-refractivity contribution in [2.24, 2.45) is 5.10 Å². The number of hydrogen-bond acceptors (Lipinski definition) is 7. The fraction of sp³-hybridized carbons (Fsp3) is 0.154. The number of hydrogen-bond donors (Lipinski definition) is 2. The van der Waals surface area contributed by atoms with Crippen LogP contribution in [0.25, 0.3) is 0 Å². The smallest absolute Gasteiger partial charge is 0.343 e. The lowest BCUT2D eigenvalue weighted by Gasteiger charge is -2.10. The van der Waals surface area contributed by atoms with Crippen molar-refractivity contribution in [2.75, 3.05) is 20.8 Å². The molecule has 3 rings (SSSR count). The van der Waals surface area contributed by atoms with Crippen LogP contribution >= 0.6 is 0 Å². The molecule has 0 saturated carbocycles. The van der Waals surface area contributed by atoms with E-state index in [1.54, 1.807) is 61.7 Å². The highest BCUT2D eigenvalue weighted by molar-refractivity contribution is 5.96. The normalized spacial score (nSPS) is 10.5. The largest absolute Gasteiger partial charge is 0.497 e. The number of nitrogens with zero attached hydrogens (tertiary/aromatic N) is 1. The first-order valence-corrected chi connectivity index (χ1v) is 10.6. The summed E-state index contributed by atoms with van der Waals surface area (Å²) in [6.07, 6.45) is 1.40. The van der Waals surface area contributed by atoms with Crippen molar-refractivity contribution >= 4 is 24.0 Å². The standard InChI is InChI=1S/C26H25N3O6/c1-17-4-7-19(8-5-17)25(31)27-16-24(30)29-28-15-18-6-13-22(23(14-18)34-3)35-26(32)20-9-11-21(33-2)12-10-20/h4-15H,16H2,1-3H3,(H,27,31)(H,29,30)/b28-15+. The lowest BCUT2D eigenvalue weighted by Crippen LogP contribution is -2.34. The van der Waals surface area contributed by atoms with E-state index in [0.717, 1.165) is 5.56 Å². The van der Waals surface area contributed by atoms with Crippen LogP contribution in [0.3, 0.4) is 0 Å². The fourth-order valence-electron chi connectivity index (χ4n) is 2.92. The molecule has 0 radical (unpaired) electrons. The van der Waals surface area contributed by atoms with E-state index in [-0.39, 0.29) is 18.2 Å². The summed E-state index contributed by atoms with van der Waals surface area (Å²) < 4.78 is 15.8. The first-order valence-electron chi connectivity index (χ1n) is 10.6. The van der Waals surface area contributed by atoms with Crippen molar-refractivity contribution in [2.45, 2.75) is 6.92 Å². The number of carbonyl (C=O) groups excluding carboxylic acids is 3. The van der Waals surface area contributed by atoms with Crippen LogP contribution in [0, 0.1) is 6.92 Å². The number of rotatable bonds is 9. The Hall–Kier alpha value is -4.66. The third kappa shape index (κ3) is 7.16. The molecule has 0 aliphatic carbocycles. The average Bonchev–Trinajstić information content (AvgIpc) is 2.88. The maximum Gasteiger partial charge on any atom is 0.343 e. The first-order chi connectivity index (χ1) is 16.9. The number of benzene rings is 3. The molecule has 2 amide bonds. The molecule has 0 bridgehead atoms. The number of nitrogens with one attached hydrogen (secondary N) is 2. The second kappa shape index (κ2) is 12.0. The molecule has 0 heterocycles. The fourth-order valence-corrected chi connectivity index (χ4v) is 2.92. The molecule has 0 saturated heterocycles. The number of esters is 1. The molecule has 0 unspecified atom stereocenters. The predicted molar refractivity (Wildman–Crippen MR) is 130 cm³/mol. The van der Waals surface area contributed by atoms with E-state index in [9.17, 15) is 14.4 Å². The first kappa shape index (κ1) is 25.0.